The second-order valence-corrected chi connectivity index (χ2v) is 6.98. The van der Waals surface area contributed by atoms with Gasteiger partial charge >= 0.3 is 5.97 Å². The Bertz CT molecular complexity index is 611. The summed E-state index contributed by atoms with van der Waals surface area (Å²) in [5.41, 5.74) is 0.990. The zero-order valence-electron chi connectivity index (χ0n) is 12.0. The summed E-state index contributed by atoms with van der Waals surface area (Å²) in [6.07, 6.45) is 0.530. The van der Waals surface area contributed by atoms with Crippen LogP contribution in [0.1, 0.15) is 23.8 Å². The molecule has 0 aliphatic heterocycles. The Labute approximate surface area is 127 Å². The van der Waals surface area contributed by atoms with Crippen LogP contribution < -0.4 is 5.32 Å². The summed E-state index contributed by atoms with van der Waals surface area (Å²) in [6, 6.07) is 0. The lowest BCUT2D eigenvalue weighted by atomic mass is 10.4. The van der Waals surface area contributed by atoms with Crippen LogP contribution in [-0.4, -0.2) is 56.8 Å². The van der Waals surface area contributed by atoms with Gasteiger partial charge in [-0.2, -0.15) is 4.31 Å². The van der Waals surface area contributed by atoms with Crippen molar-refractivity contribution >= 4 is 33.2 Å². The number of nitrogens with one attached hydrogen (secondary N) is 1. The van der Waals surface area contributed by atoms with Gasteiger partial charge in [-0.15, -0.1) is 11.3 Å². The fourth-order valence-corrected chi connectivity index (χ4v) is 4.30. The van der Waals surface area contributed by atoms with Crippen LogP contribution in [0.2, 0.25) is 0 Å². The second kappa shape index (κ2) is 7.48. The van der Waals surface area contributed by atoms with Gasteiger partial charge in [-0.3, -0.25) is 4.79 Å². The first-order valence-corrected chi connectivity index (χ1v) is 8.43. The molecule has 1 aromatic heterocycles. The number of ether oxygens (including phenoxy) is 1. The minimum Gasteiger partial charge on any atom is -0.464 e. The average Bonchev–Trinajstić information content (AvgIpc) is 2.95. The van der Waals surface area contributed by atoms with Crippen LogP contribution in [0.4, 0.5) is 0 Å². The number of carbonyl (C=O) groups is 2. The van der Waals surface area contributed by atoms with E-state index >= 15 is 0 Å². The quantitative estimate of drug-likeness (QED) is 0.707. The van der Waals surface area contributed by atoms with Crippen molar-refractivity contribution in [3.8, 4) is 0 Å². The van der Waals surface area contributed by atoms with Crippen molar-refractivity contribution in [1.82, 2.24) is 14.6 Å². The predicted octanol–water partition coefficient (Wildman–Crippen LogP) is 0.0764. The highest BCUT2D eigenvalue weighted by Gasteiger charge is 2.32. The smallest absolute Gasteiger partial charge is 0.358 e. The van der Waals surface area contributed by atoms with Gasteiger partial charge in [0.15, 0.2) is 9.90 Å². The summed E-state index contributed by atoms with van der Waals surface area (Å²) in [5, 5.41) is 2.37. The third kappa shape index (κ3) is 3.99. The van der Waals surface area contributed by atoms with Gasteiger partial charge in [0.05, 0.1) is 19.2 Å². The Morgan fingerprint density at radius 3 is 2.67 bits per heavy atom. The molecule has 10 heteroatoms. The summed E-state index contributed by atoms with van der Waals surface area (Å²) in [6.45, 7) is 1.64. The molecule has 0 radical (unpaired) electrons. The molecule has 1 heterocycles. The minimum atomic E-state index is -3.98. The van der Waals surface area contributed by atoms with Crippen LogP contribution in [0, 0.1) is 0 Å². The molecule has 0 aromatic carbocycles. The first-order valence-electron chi connectivity index (χ1n) is 6.11. The number of rotatable bonds is 7. The van der Waals surface area contributed by atoms with Crippen molar-refractivity contribution < 1.29 is 22.7 Å². The molecule has 1 amide bonds. The molecular weight excluding hydrogens is 318 g/mol. The topological polar surface area (TPSA) is 106 Å². The van der Waals surface area contributed by atoms with Crippen molar-refractivity contribution in [2.24, 2.45) is 0 Å². The highest BCUT2D eigenvalue weighted by molar-refractivity contribution is 7.91. The minimum absolute atomic E-state index is 0.161. The van der Waals surface area contributed by atoms with Crippen molar-refractivity contribution in [2.45, 2.75) is 17.6 Å². The number of carbonyl (C=O) groups excluding carboxylic acids is 2. The number of hydrogen-bond acceptors (Lipinski definition) is 7. The van der Waals surface area contributed by atoms with E-state index in [1.54, 1.807) is 6.92 Å². The monoisotopic (exact) mass is 335 g/mol. The molecule has 0 saturated heterocycles. The first kappa shape index (κ1) is 17.5. The maximum Gasteiger partial charge on any atom is 0.358 e. The Morgan fingerprint density at radius 2 is 2.14 bits per heavy atom. The number of esters is 1. The molecule has 8 nitrogen and oxygen atoms in total. The largest absolute Gasteiger partial charge is 0.464 e. The number of aromatic nitrogens is 1. The number of methoxy groups -OCH3 is 1. The third-order valence-corrected chi connectivity index (χ3v) is 5.75. The summed E-state index contributed by atoms with van der Waals surface area (Å²) < 4.78 is 30.5. The average molecular weight is 335 g/mol. The summed E-state index contributed by atoms with van der Waals surface area (Å²) in [5.74, 6) is -1.26. The Morgan fingerprint density at radius 1 is 1.48 bits per heavy atom. The summed E-state index contributed by atoms with van der Waals surface area (Å²) >= 11 is 0.816. The number of thiazole rings is 1. The van der Waals surface area contributed by atoms with Gasteiger partial charge in [0.25, 0.3) is 10.0 Å². The number of likely N-dealkylation sites (N-methyl/N-ethyl adjacent to an activating group) is 1. The van der Waals surface area contributed by atoms with Gasteiger partial charge in [-0.05, 0) is 6.42 Å². The molecule has 0 aliphatic rings. The van der Waals surface area contributed by atoms with E-state index in [-0.39, 0.29) is 23.0 Å². The van der Waals surface area contributed by atoms with Crippen molar-refractivity contribution in [3.05, 3.63) is 11.2 Å². The van der Waals surface area contributed by atoms with Gasteiger partial charge in [0, 0.05) is 13.6 Å². The summed E-state index contributed by atoms with van der Waals surface area (Å²) in [4.78, 5) is 26.8. The number of sulfonamides is 1. The maximum atomic E-state index is 12.6. The van der Waals surface area contributed by atoms with Crippen molar-refractivity contribution in [2.75, 3.05) is 27.2 Å². The van der Waals surface area contributed by atoms with Crippen LogP contribution >= 0.6 is 11.3 Å². The fourth-order valence-electron chi connectivity index (χ4n) is 1.54. The maximum absolute atomic E-state index is 12.6. The van der Waals surface area contributed by atoms with Crippen LogP contribution in [0.3, 0.4) is 0 Å². The van der Waals surface area contributed by atoms with E-state index in [0.29, 0.717) is 6.42 Å². The molecule has 1 N–H and O–H groups in total. The lowest BCUT2D eigenvalue weighted by Crippen LogP contribution is -2.40. The molecule has 0 bridgehead atoms. The van der Waals surface area contributed by atoms with Crippen molar-refractivity contribution in [3.63, 3.8) is 0 Å². The number of nitrogens with zero attached hydrogens (tertiary/aromatic N) is 2. The molecule has 0 saturated carbocycles. The molecule has 0 aliphatic carbocycles. The van der Waals surface area contributed by atoms with E-state index in [2.05, 4.69) is 15.0 Å². The van der Waals surface area contributed by atoms with Gasteiger partial charge in [0.2, 0.25) is 5.91 Å². The van der Waals surface area contributed by atoms with Gasteiger partial charge in [0.1, 0.15) is 0 Å². The van der Waals surface area contributed by atoms with Crippen LogP contribution in [-0.2, 0) is 19.6 Å². The highest BCUT2D eigenvalue weighted by atomic mass is 32.2. The zero-order valence-corrected chi connectivity index (χ0v) is 13.6. The molecule has 0 spiro atoms. The van der Waals surface area contributed by atoms with Gasteiger partial charge in [-0.25, -0.2) is 18.2 Å². The molecule has 21 heavy (non-hydrogen) atoms. The Balaban J connectivity index is 3.20. The van der Waals surface area contributed by atoms with Crippen LogP contribution in [0.5, 0.6) is 0 Å². The molecule has 0 atom stereocenters. The molecule has 1 rings (SSSR count). The van der Waals surface area contributed by atoms with E-state index < -0.39 is 21.9 Å². The zero-order chi connectivity index (χ0) is 16.0. The third-order valence-electron chi connectivity index (χ3n) is 2.56. The van der Waals surface area contributed by atoms with Gasteiger partial charge in [-0.1, -0.05) is 6.92 Å². The Kier molecular flexibility index (Phi) is 6.24. The first-order chi connectivity index (χ1) is 9.88. The molecule has 118 valence electrons. The van der Waals surface area contributed by atoms with E-state index in [0.717, 1.165) is 22.8 Å². The van der Waals surface area contributed by atoms with E-state index in [9.17, 15) is 18.0 Å². The van der Waals surface area contributed by atoms with Crippen LogP contribution in [0.25, 0.3) is 0 Å². The normalized spacial score (nSPS) is 11.4. The predicted molar refractivity (Wildman–Crippen MR) is 76.6 cm³/mol. The highest BCUT2D eigenvalue weighted by Crippen LogP contribution is 2.24. The van der Waals surface area contributed by atoms with Gasteiger partial charge < -0.3 is 10.1 Å². The SMILES string of the molecule is CCCN(CC(=O)NC)S(=O)(=O)c1scnc1C(=O)OC. The van der Waals surface area contributed by atoms with E-state index in [1.165, 1.54) is 12.6 Å². The van der Waals surface area contributed by atoms with Crippen molar-refractivity contribution in [1.29, 1.82) is 0 Å². The van der Waals surface area contributed by atoms with E-state index in [4.69, 9.17) is 0 Å². The molecular formula is C11H17N3O5S2. The number of amides is 1. The number of hydrogen-bond donors (Lipinski definition) is 1. The fraction of sp³-hybridized carbons (Fsp3) is 0.545. The lowest BCUT2D eigenvalue weighted by Gasteiger charge is -2.20. The second-order valence-electron chi connectivity index (χ2n) is 3.99. The summed E-state index contributed by atoms with van der Waals surface area (Å²) in [7, 11) is -1.42. The molecule has 0 unspecified atom stereocenters. The molecule has 1 aromatic rings. The Hall–Kier alpha value is -1.52. The standard InChI is InChI=1S/C11H17N3O5S2/c1-4-5-14(6-8(15)12-2)21(17,18)11-9(10(16)19-3)13-7-20-11/h7H,4-6H2,1-3H3,(H,12,15). The van der Waals surface area contributed by atoms with Crippen LogP contribution in [0.15, 0.2) is 9.72 Å². The van der Waals surface area contributed by atoms with E-state index in [1.807, 2.05) is 0 Å². The lowest BCUT2D eigenvalue weighted by molar-refractivity contribution is -0.120. The molecule has 0 fully saturated rings.